The minimum absolute atomic E-state index is 0.0307. The summed E-state index contributed by atoms with van der Waals surface area (Å²) in [6, 6.07) is 15.1. The second kappa shape index (κ2) is 6.90. The van der Waals surface area contributed by atoms with Gasteiger partial charge >= 0.3 is 0 Å². The Balaban J connectivity index is 2.07. The Hall–Kier alpha value is -2.33. The molecular weight excluding hydrogens is 264 g/mol. The number of hydrogen-bond donors (Lipinski definition) is 1. The molecule has 2 aromatic rings. The molecule has 2 N–H and O–H groups in total. The van der Waals surface area contributed by atoms with Gasteiger partial charge in [-0.05, 0) is 29.3 Å². The summed E-state index contributed by atoms with van der Waals surface area (Å²) in [6.07, 6.45) is 0. The van der Waals surface area contributed by atoms with E-state index in [4.69, 9.17) is 10.5 Å². The molecule has 0 aliphatic carbocycles. The van der Waals surface area contributed by atoms with E-state index in [1.807, 2.05) is 36.4 Å². The smallest absolute Gasteiger partial charge is 0.254 e. The lowest BCUT2D eigenvalue weighted by Gasteiger charge is -2.18. The number of nitrogens with two attached hydrogens (primary N) is 1. The van der Waals surface area contributed by atoms with Crippen LogP contribution in [0, 0.1) is 0 Å². The number of rotatable bonds is 5. The Labute approximate surface area is 125 Å². The molecule has 110 valence electrons. The fourth-order valence-corrected chi connectivity index (χ4v) is 2.10. The third kappa shape index (κ3) is 3.83. The molecule has 0 saturated heterocycles. The second-order valence-corrected chi connectivity index (χ2v) is 4.91. The third-order valence-electron chi connectivity index (χ3n) is 3.34. The van der Waals surface area contributed by atoms with Crippen molar-refractivity contribution in [1.82, 2.24) is 4.90 Å². The summed E-state index contributed by atoms with van der Waals surface area (Å²) in [7, 11) is 3.38. The van der Waals surface area contributed by atoms with Gasteiger partial charge in [-0.1, -0.05) is 30.3 Å². The minimum atomic E-state index is -0.0307. The van der Waals surface area contributed by atoms with Crippen LogP contribution in [0.15, 0.2) is 48.5 Å². The van der Waals surface area contributed by atoms with E-state index in [0.29, 0.717) is 24.4 Å². The van der Waals surface area contributed by atoms with E-state index in [9.17, 15) is 4.79 Å². The van der Waals surface area contributed by atoms with Gasteiger partial charge in [0.2, 0.25) is 0 Å². The Morgan fingerprint density at radius 2 is 1.81 bits per heavy atom. The van der Waals surface area contributed by atoms with Gasteiger partial charge in [0.05, 0.1) is 7.11 Å². The van der Waals surface area contributed by atoms with Crippen LogP contribution in [0.4, 0.5) is 0 Å². The highest BCUT2D eigenvalue weighted by atomic mass is 16.5. The average Bonchev–Trinajstić information content (AvgIpc) is 2.54. The van der Waals surface area contributed by atoms with Gasteiger partial charge < -0.3 is 15.4 Å². The van der Waals surface area contributed by atoms with Crippen molar-refractivity contribution in [2.45, 2.75) is 13.1 Å². The molecule has 0 heterocycles. The number of benzene rings is 2. The predicted molar refractivity (Wildman–Crippen MR) is 83.1 cm³/mol. The first-order valence-corrected chi connectivity index (χ1v) is 6.81. The molecule has 0 aliphatic heterocycles. The van der Waals surface area contributed by atoms with Gasteiger partial charge in [0.25, 0.3) is 5.91 Å². The molecule has 4 nitrogen and oxygen atoms in total. The topological polar surface area (TPSA) is 55.6 Å². The maximum absolute atomic E-state index is 12.4. The first-order valence-electron chi connectivity index (χ1n) is 6.81. The molecule has 0 spiro atoms. The zero-order valence-electron chi connectivity index (χ0n) is 12.4. The summed E-state index contributed by atoms with van der Waals surface area (Å²) in [5.41, 5.74) is 8.36. The van der Waals surface area contributed by atoms with E-state index in [2.05, 4.69) is 0 Å². The highest BCUT2D eigenvalue weighted by Crippen LogP contribution is 2.15. The second-order valence-electron chi connectivity index (χ2n) is 4.91. The summed E-state index contributed by atoms with van der Waals surface area (Å²) in [6.45, 7) is 1.08. The molecule has 0 aromatic heterocycles. The van der Waals surface area contributed by atoms with E-state index >= 15 is 0 Å². The molecular formula is C17H20N2O2. The Bertz CT molecular complexity index is 608. The molecule has 0 aliphatic rings. The molecule has 0 bridgehead atoms. The molecule has 0 atom stereocenters. The minimum Gasteiger partial charge on any atom is -0.497 e. The highest BCUT2D eigenvalue weighted by molar-refractivity contribution is 5.94. The van der Waals surface area contributed by atoms with Crippen LogP contribution in [0.1, 0.15) is 21.5 Å². The van der Waals surface area contributed by atoms with Crippen LogP contribution in [-0.4, -0.2) is 25.0 Å². The molecule has 1 amide bonds. The van der Waals surface area contributed by atoms with Gasteiger partial charge in [0.1, 0.15) is 5.75 Å². The molecule has 0 saturated carbocycles. The number of carbonyl (C=O) groups excluding carboxylic acids is 1. The molecule has 21 heavy (non-hydrogen) atoms. The summed E-state index contributed by atoms with van der Waals surface area (Å²) < 4.78 is 5.15. The van der Waals surface area contributed by atoms with Crippen molar-refractivity contribution in [1.29, 1.82) is 0 Å². The normalized spacial score (nSPS) is 10.2. The SMILES string of the molecule is COc1cccc(C(=O)N(C)Cc2ccc(CN)cc2)c1. The van der Waals surface area contributed by atoms with Crippen LogP contribution in [0.25, 0.3) is 0 Å². The van der Waals surface area contributed by atoms with Crippen LogP contribution >= 0.6 is 0 Å². The van der Waals surface area contributed by atoms with Crippen LogP contribution in [-0.2, 0) is 13.1 Å². The van der Waals surface area contributed by atoms with Crippen molar-refractivity contribution >= 4 is 5.91 Å². The summed E-state index contributed by atoms with van der Waals surface area (Å²) in [5.74, 6) is 0.651. The summed E-state index contributed by atoms with van der Waals surface area (Å²) in [5, 5.41) is 0. The summed E-state index contributed by atoms with van der Waals surface area (Å²) >= 11 is 0. The maximum Gasteiger partial charge on any atom is 0.254 e. The van der Waals surface area contributed by atoms with Crippen LogP contribution in [0.5, 0.6) is 5.75 Å². The first kappa shape index (κ1) is 15.1. The monoisotopic (exact) mass is 284 g/mol. The average molecular weight is 284 g/mol. The fourth-order valence-electron chi connectivity index (χ4n) is 2.10. The molecule has 0 unspecified atom stereocenters. The lowest BCUT2D eigenvalue weighted by Crippen LogP contribution is -2.26. The third-order valence-corrected chi connectivity index (χ3v) is 3.34. The van der Waals surface area contributed by atoms with E-state index in [1.165, 1.54) is 0 Å². The van der Waals surface area contributed by atoms with Gasteiger partial charge in [-0.25, -0.2) is 0 Å². The van der Waals surface area contributed by atoms with Crippen LogP contribution < -0.4 is 10.5 Å². The Kier molecular flexibility index (Phi) is 4.95. The number of methoxy groups -OCH3 is 1. The van der Waals surface area contributed by atoms with E-state index in [0.717, 1.165) is 11.1 Å². The Morgan fingerprint density at radius 1 is 1.14 bits per heavy atom. The zero-order valence-corrected chi connectivity index (χ0v) is 12.4. The van der Waals surface area contributed by atoms with Crippen molar-refractivity contribution in [3.63, 3.8) is 0 Å². The van der Waals surface area contributed by atoms with Crippen molar-refractivity contribution in [2.75, 3.05) is 14.2 Å². The number of hydrogen-bond acceptors (Lipinski definition) is 3. The molecule has 0 radical (unpaired) electrons. The molecule has 4 heteroatoms. The zero-order chi connectivity index (χ0) is 15.2. The first-order chi connectivity index (χ1) is 10.1. The van der Waals surface area contributed by atoms with Gasteiger partial charge in [0, 0.05) is 25.7 Å². The van der Waals surface area contributed by atoms with Crippen LogP contribution in [0.3, 0.4) is 0 Å². The molecule has 2 aromatic carbocycles. The van der Waals surface area contributed by atoms with E-state index in [1.54, 1.807) is 31.2 Å². The lowest BCUT2D eigenvalue weighted by atomic mass is 10.1. The largest absolute Gasteiger partial charge is 0.497 e. The summed E-state index contributed by atoms with van der Waals surface area (Å²) in [4.78, 5) is 14.1. The van der Waals surface area contributed by atoms with Crippen molar-refractivity contribution in [3.05, 3.63) is 65.2 Å². The van der Waals surface area contributed by atoms with Crippen molar-refractivity contribution < 1.29 is 9.53 Å². The number of ether oxygens (including phenoxy) is 1. The van der Waals surface area contributed by atoms with Gasteiger partial charge in [0.15, 0.2) is 0 Å². The molecule has 2 rings (SSSR count). The van der Waals surface area contributed by atoms with Crippen molar-refractivity contribution in [3.8, 4) is 5.75 Å². The van der Waals surface area contributed by atoms with E-state index < -0.39 is 0 Å². The standard InChI is InChI=1S/C17H20N2O2/c1-19(12-14-8-6-13(11-18)7-9-14)17(20)15-4-3-5-16(10-15)21-2/h3-10H,11-12,18H2,1-2H3. The van der Waals surface area contributed by atoms with Crippen LogP contribution in [0.2, 0.25) is 0 Å². The quantitative estimate of drug-likeness (QED) is 0.917. The number of nitrogens with zero attached hydrogens (tertiary/aromatic N) is 1. The van der Waals surface area contributed by atoms with E-state index in [-0.39, 0.29) is 5.91 Å². The highest BCUT2D eigenvalue weighted by Gasteiger charge is 2.12. The number of amides is 1. The van der Waals surface area contributed by atoms with Crippen molar-refractivity contribution in [2.24, 2.45) is 5.73 Å². The fraction of sp³-hybridized carbons (Fsp3) is 0.235. The predicted octanol–water partition coefficient (Wildman–Crippen LogP) is 2.43. The van der Waals surface area contributed by atoms with Gasteiger partial charge in [-0.2, -0.15) is 0 Å². The number of carbonyl (C=O) groups is 1. The Morgan fingerprint density at radius 3 is 2.43 bits per heavy atom. The molecule has 0 fully saturated rings. The van der Waals surface area contributed by atoms with Gasteiger partial charge in [-0.15, -0.1) is 0 Å². The van der Waals surface area contributed by atoms with Gasteiger partial charge in [-0.3, -0.25) is 4.79 Å². The lowest BCUT2D eigenvalue weighted by molar-refractivity contribution is 0.0784. The maximum atomic E-state index is 12.4.